The Balaban J connectivity index is 2.89. The number of hydrogen-bond donors (Lipinski definition) is 2. The molecule has 1 rings (SSSR count). The normalized spacial score (nSPS) is 9.35. The molecule has 0 radical (unpaired) electrons. The molecule has 2 amide bonds. The molecular formula is C14H18N4O2. The average molecular weight is 274 g/mol. The fourth-order valence-corrected chi connectivity index (χ4v) is 1.57. The van der Waals surface area contributed by atoms with Crippen molar-refractivity contribution in [3.8, 4) is 11.8 Å². The minimum absolute atomic E-state index is 0.00124. The van der Waals surface area contributed by atoms with Gasteiger partial charge in [0, 0.05) is 26.0 Å². The highest BCUT2D eigenvalue weighted by atomic mass is 16.2. The van der Waals surface area contributed by atoms with E-state index in [4.69, 9.17) is 5.73 Å². The lowest BCUT2D eigenvalue weighted by atomic mass is 10.1. The van der Waals surface area contributed by atoms with E-state index >= 15 is 0 Å². The number of amides is 2. The Morgan fingerprint density at radius 1 is 1.50 bits per heavy atom. The third-order valence-corrected chi connectivity index (χ3v) is 2.48. The average Bonchev–Trinajstić information content (AvgIpc) is 2.44. The van der Waals surface area contributed by atoms with Gasteiger partial charge in [0.15, 0.2) is 0 Å². The van der Waals surface area contributed by atoms with E-state index in [9.17, 15) is 9.59 Å². The summed E-state index contributed by atoms with van der Waals surface area (Å²) >= 11 is 0. The molecule has 106 valence electrons. The molecular weight excluding hydrogens is 256 g/mol. The fraction of sp³-hybridized carbons (Fsp3) is 0.357. The molecule has 6 heteroatoms. The van der Waals surface area contributed by atoms with Gasteiger partial charge in [-0.1, -0.05) is 11.8 Å². The van der Waals surface area contributed by atoms with Crippen LogP contribution in [0, 0.1) is 11.8 Å². The van der Waals surface area contributed by atoms with Crippen molar-refractivity contribution in [3.63, 3.8) is 0 Å². The van der Waals surface area contributed by atoms with E-state index in [0.717, 1.165) is 0 Å². The highest BCUT2D eigenvalue weighted by Gasteiger charge is 2.17. The smallest absolute Gasteiger partial charge is 0.255 e. The molecule has 0 bridgehead atoms. The molecule has 0 saturated heterocycles. The third kappa shape index (κ3) is 4.37. The number of nitrogens with zero attached hydrogens (tertiary/aromatic N) is 2. The summed E-state index contributed by atoms with van der Waals surface area (Å²) in [5, 5.41) is 2.64. The zero-order chi connectivity index (χ0) is 15.0. The van der Waals surface area contributed by atoms with Crippen LogP contribution < -0.4 is 11.1 Å². The Bertz CT molecular complexity index is 546. The predicted molar refractivity (Wildman–Crippen MR) is 75.8 cm³/mol. The molecule has 0 aliphatic rings. The largest absolute Gasteiger partial charge is 0.355 e. The Kier molecular flexibility index (Phi) is 6.20. The minimum Gasteiger partial charge on any atom is -0.355 e. The van der Waals surface area contributed by atoms with Gasteiger partial charge in [-0.2, -0.15) is 0 Å². The Labute approximate surface area is 118 Å². The molecule has 0 spiro atoms. The number of nitrogens with two attached hydrogens (primary N) is 1. The predicted octanol–water partition coefficient (Wildman–Crippen LogP) is -0.400. The van der Waals surface area contributed by atoms with Crippen molar-refractivity contribution in [3.05, 3.63) is 29.6 Å². The second-order valence-electron chi connectivity index (χ2n) is 4.04. The van der Waals surface area contributed by atoms with Crippen LogP contribution in [0.1, 0.15) is 22.8 Å². The van der Waals surface area contributed by atoms with Crippen LogP contribution in [-0.2, 0) is 4.79 Å². The molecule has 0 fully saturated rings. The maximum Gasteiger partial charge on any atom is 0.255 e. The maximum absolute atomic E-state index is 12.3. The van der Waals surface area contributed by atoms with Crippen molar-refractivity contribution in [2.24, 2.45) is 5.73 Å². The summed E-state index contributed by atoms with van der Waals surface area (Å²) in [5.74, 6) is 5.01. The lowest BCUT2D eigenvalue weighted by Gasteiger charge is -2.17. The van der Waals surface area contributed by atoms with Crippen molar-refractivity contribution in [1.82, 2.24) is 15.2 Å². The first-order valence-electron chi connectivity index (χ1n) is 6.25. The monoisotopic (exact) mass is 274 g/mol. The van der Waals surface area contributed by atoms with Gasteiger partial charge in [0.05, 0.1) is 24.2 Å². The summed E-state index contributed by atoms with van der Waals surface area (Å²) in [5.41, 5.74) is 6.23. The van der Waals surface area contributed by atoms with Crippen molar-refractivity contribution in [2.45, 2.75) is 6.92 Å². The topological polar surface area (TPSA) is 88.3 Å². The summed E-state index contributed by atoms with van der Waals surface area (Å²) in [6.45, 7) is 2.56. The van der Waals surface area contributed by atoms with Crippen LogP contribution in [-0.4, -0.2) is 48.4 Å². The van der Waals surface area contributed by atoms with E-state index in [-0.39, 0.29) is 24.9 Å². The molecule has 1 aromatic rings. The lowest BCUT2D eigenvalue weighted by molar-refractivity contribution is -0.121. The molecule has 0 aromatic carbocycles. The number of pyridine rings is 1. The molecule has 1 aromatic heterocycles. The van der Waals surface area contributed by atoms with Crippen molar-refractivity contribution < 1.29 is 9.59 Å². The first kappa shape index (κ1) is 15.7. The molecule has 0 aliphatic carbocycles. The van der Waals surface area contributed by atoms with E-state index in [2.05, 4.69) is 22.1 Å². The van der Waals surface area contributed by atoms with Gasteiger partial charge >= 0.3 is 0 Å². The van der Waals surface area contributed by atoms with E-state index in [0.29, 0.717) is 17.7 Å². The van der Waals surface area contributed by atoms with Crippen LogP contribution >= 0.6 is 0 Å². The number of rotatable bonds is 4. The SMILES string of the molecule is CCNC(=O)CN(C)C(=O)c1ccncc1C#CCN. The van der Waals surface area contributed by atoms with Gasteiger partial charge < -0.3 is 16.0 Å². The molecule has 20 heavy (non-hydrogen) atoms. The second kappa shape index (κ2) is 7.92. The van der Waals surface area contributed by atoms with E-state index in [1.54, 1.807) is 13.1 Å². The zero-order valence-corrected chi connectivity index (χ0v) is 11.6. The Morgan fingerprint density at radius 2 is 2.25 bits per heavy atom. The second-order valence-corrected chi connectivity index (χ2v) is 4.04. The van der Waals surface area contributed by atoms with Gasteiger partial charge in [0.1, 0.15) is 0 Å². The highest BCUT2D eigenvalue weighted by Crippen LogP contribution is 2.08. The van der Waals surface area contributed by atoms with Gasteiger partial charge in [-0.25, -0.2) is 0 Å². The fourth-order valence-electron chi connectivity index (χ4n) is 1.57. The summed E-state index contributed by atoms with van der Waals surface area (Å²) < 4.78 is 0. The molecule has 1 heterocycles. The number of carbonyl (C=O) groups excluding carboxylic acids is 2. The Hall–Kier alpha value is -2.39. The van der Waals surface area contributed by atoms with E-state index in [1.165, 1.54) is 17.3 Å². The van der Waals surface area contributed by atoms with Gasteiger partial charge in [0.25, 0.3) is 5.91 Å². The van der Waals surface area contributed by atoms with Gasteiger partial charge in [0.2, 0.25) is 5.91 Å². The van der Waals surface area contributed by atoms with Crippen LogP contribution in [0.2, 0.25) is 0 Å². The zero-order valence-electron chi connectivity index (χ0n) is 11.6. The molecule has 0 aliphatic heterocycles. The molecule has 0 saturated carbocycles. The minimum atomic E-state index is -0.278. The molecule has 0 atom stereocenters. The van der Waals surface area contributed by atoms with Crippen LogP contribution in [0.3, 0.4) is 0 Å². The number of carbonyl (C=O) groups is 2. The van der Waals surface area contributed by atoms with E-state index in [1.807, 2.05) is 6.92 Å². The van der Waals surface area contributed by atoms with Crippen LogP contribution in [0.15, 0.2) is 18.5 Å². The highest BCUT2D eigenvalue weighted by molar-refractivity contribution is 5.98. The van der Waals surface area contributed by atoms with Crippen molar-refractivity contribution >= 4 is 11.8 Å². The molecule has 0 unspecified atom stereocenters. The van der Waals surface area contributed by atoms with Crippen molar-refractivity contribution in [1.29, 1.82) is 0 Å². The number of hydrogen-bond acceptors (Lipinski definition) is 4. The quantitative estimate of drug-likeness (QED) is 0.731. The first-order chi connectivity index (χ1) is 9.60. The number of nitrogens with one attached hydrogen (secondary N) is 1. The summed E-state index contributed by atoms with van der Waals surface area (Å²) in [4.78, 5) is 29.1. The number of likely N-dealkylation sites (N-methyl/N-ethyl adjacent to an activating group) is 2. The maximum atomic E-state index is 12.3. The Morgan fingerprint density at radius 3 is 2.90 bits per heavy atom. The summed E-state index contributed by atoms with van der Waals surface area (Å²) in [6.07, 6.45) is 3.02. The van der Waals surface area contributed by atoms with Gasteiger partial charge in [-0.05, 0) is 13.0 Å². The lowest BCUT2D eigenvalue weighted by Crippen LogP contribution is -2.38. The first-order valence-corrected chi connectivity index (χ1v) is 6.25. The van der Waals surface area contributed by atoms with Crippen LogP contribution in [0.5, 0.6) is 0 Å². The summed E-state index contributed by atoms with van der Waals surface area (Å²) in [7, 11) is 1.57. The number of aromatic nitrogens is 1. The van der Waals surface area contributed by atoms with Gasteiger partial charge in [-0.15, -0.1) is 0 Å². The van der Waals surface area contributed by atoms with Crippen LogP contribution in [0.25, 0.3) is 0 Å². The van der Waals surface area contributed by atoms with Crippen LogP contribution in [0.4, 0.5) is 0 Å². The van der Waals surface area contributed by atoms with Gasteiger partial charge in [-0.3, -0.25) is 14.6 Å². The third-order valence-electron chi connectivity index (χ3n) is 2.48. The molecule has 3 N–H and O–H groups in total. The molecule has 6 nitrogen and oxygen atoms in total. The standard InChI is InChI=1S/C14H18N4O2/c1-3-17-13(19)10-18(2)14(20)12-6-8-16-9-11(12)5-4-7-15/h6,8-9H,3,7,10,15H2,1-2H3,(H,17,19). The summed E-state index contributed by atoms with van der Waals surface area (Å²) in [6, 6.07) is 1.58. The van der Waals surface area contributed by atoms with Crippen molar-refractivity contribution in [2.75, 3.05) is 26.7 Å². The van der Waals surface area contributed by atoms with E-state index < -0.39 is 0 Å².